The van der Waals surface area contributed by atoms with Crippen LogP contribution in [0.4, 0.5) is 5.69 Å². The molecular formula is C19H25NO3S. The molecule has 1 aromatic carbocycles. The van der Waals surface area contributed by atoms with Gasteiger partial charge >= 0.3 is 5.97 Å². The molecule has 2 unspecified atom stereocenters. The molecule has 1 aromatic rings. The average molecular weight is 347 g/mol. The molecule has 1 aliphatic carbocycles. The first kappa shape index (κ1) is 18.6. The zero-order chi connectivity index (χ0) is 17.4. The van der Waals surface area contributed by atoms with E-state index in [1.807, 2.05) is 31.2 Å². The van der Waals surface area contributed by atoms with Crippen molar-refractivity contribution >= 4 is 29.3 Å². The number of thioether (sulfide) groups is 1. The lowest BCUT2D eigenvalue weighted by atomic mass is 9.85. The number of anilines is 1. The number of ether oxygens (including phenoxy) is 1. The van der Waals surface area contributed by atoms with Crippen LogP contribution >= 0.6 is 11.8 Å². The Balaban J connectivity index is 1.60. The van der Waals surface area contributed by atoms with Crippen molar-refractivity contribution in [3.8, 4) is 0 Å². The van der Waals surface area contributed by atoms with Gasteiger partial charge in [-0.15, -0.1) is 11.8 Å². The van der Waals surface area contributed by atoms with Crippen LogP contribution in [0.2, 0.25) is 0 Å². The fraction of sp³-hybridized carbons (Fsp3) is 0.474. The summed E-state index contributed by atoms with van der Waals surface area (Å²) in [6.07, 6.45) is 6.37. The molecule has 24 heavy (non-hydrogen) atoms. The Bertz CT molecular complexity index is 583. The third kappa shape index (κ3) is 6.40. The minimum atomic E-state index is -0.245. The summed E-state index contributed by atoms with van der Waals surface area (Å²) in [4.78, 5) is 23.6. The number of aryl methyl sites for hydroxylation is 1. The monoisotopic (exact) mass is 347 g/mol. The lowest BCUT2D eigenvalue weighted by Gasteiger charge is -2.24. The highest BCUT2D eigenvalue weighted by Crippen LogP contribution is 2.25. The molecule has 0 spiro atoms. The second-order valence-corrected chi connectivity index (χ2v) is 7.26. The Morgan fingerprint density at radius 3 is 2.58 bits per heavy atom. The number of nitrogens with one attached hydrogen (secondary N) is 1. The SMILES string of the molecule is Cc1ccc(NC(=O)CSCC(=O)OCC2CC=CCC2C)cc1. The number of allylic oxidation sites excluding steroid dienone is 2. The minimum absolute atomic E-state index is 0.109. The Kier molecular flexibility index (Phi) is 7.37. The summed E-state index contributed by atoms with van der Waals surface area (Å²) in [5.74, 6) is 1.06. The number of hydrogen-bond donors (Lipinski definition) is 1. The fourth-order valence-corrected chi connectivity index (χ4v) is 3.15. The Morgan fingerprint density at radius 2 is 1.88 bits per heavy atom. The van der Waals surface area contributed by atoms with Crippen LogP contribution in [-0.4, -0.2) is 30.0 Å². The van der Waals surface area contributed by atoms with E-state index in [9.17, 15) is 9.59 Å². The van der Waals surface area contributed by atoms with Crippen molar-refractivity contribution in [2.75, 3.05) is 23.4 Å². The van der Waals surface area contributed by atoms with Crippen LogP contribution in [0.15, 0.2) is 36.4 Å². The van der Waals surface area contributed by atoms with Crippen molar-refractivity contribution in [3.63, 3.8) is 0 Å². The maximum absolute atomic E-state index is 11.8. The zero-order valence-corrected chi connectivity index (χ0v) is 15.1. The molecule has 0 heterocycles. The van der Waals surface area contributed by atoms with Crippen LogP contribution in [0.3, 0.4) is 0 Å². The number of carbonyl (C=O) groups is 2. The van der Waals surface area contributed by atoms with Crippen LogP contribution in [0.1, 0.15) is 25.3 Å². The molecule has 2 atom stereocenters. The molecule has 130 valence electrons. The van der Waals surface area contributed by atoms with E-state index in [4.69, 9.17) is 4.74 Å². The quantitative estimate of drug-likeness (QED) is 0.602. The topological polar surface area (TPSA) is 55.4 Å². The smallest absolute Gasteiger partial charge is 0.315 e. The minimum Gasteiger partial charge on any atom is -0.465 e. The van der Waals surface area contributed by atoms with E-state index in [-0.39, 0.29) is 23.4 Å². The number of esters is 1. The molecule has 0 aromatic heterocycles. The third-order valence-corrected chi connectivity index (χ3v) is 5.07. The molecule has 0 bridgehead atoms. The summed E-state index contributed by atoms with van der Waals surface area (Å²) in [6, 6.07) is 7.63. The molecule has 0 saturated carbocycles. The molecule has 1 N–H and O–H groups in total. The van der Waals surface area contributed by atoms with Crippen molar-refractivity contribution < 1.29 is 14.3 Å². The van der Waals surface area contributed by atoms with Crippen LogP contribution in [0, 0.1) is 18.8 Å². The average Bonchev–Trinajstić information content (AvgIpc) is 2.56. The van der Waals surface area contributed by atoms with Crippen molar-refractivity contribution in [2.24, 2.45) is 11.8 Å². The molecule has 1 aliphatic rings. The van der Waals surface area contributed by atoms with Gasteiger partial charge in [0.15, 0.2) is 0 Å². The van der Waals surface area contributed by atoms with Crippen molar-refractivity contribution in [2.45, 2.75) is 26.7 Å². The van der Waals surface area contributed by atoms with Gasteiger partial charge in [0.25, 0.3) is 0 Å². The number of hydrogen-bond acceptors (Lipinski definition) is 4. The molecule has 4 nitrogen and oxygen atoms in total. The lowest BCUT2D eigenvalue weighted by Crippen LogP contribution is -2.22. The van der Waals surface area contributed by atoms with E-state index >= 15 is 0 Å². The first-order valence-electron chi connectivity index (χ1n) is 8.29. The van der Waals surface area contributed by atoms with Crippen LogP contribution in [-0.2, 0) is 14.3 Å². The lowest BCUT2D eigenvalue weighted by molar-refractivity contribution is -0.142. The maximum Gasteiger partial charge on any atom is 0.315 e. The summed E-state index contributed by atoms with van der Waals surface area (Å²) in [7, 11) is 0. The molecular weight excluding hydrogens is 322 g/mol. The highest BCUT2D eigenvalue weighted by atomic mass is 32.2. The zero-order valence-electron chi connectivity index (χ0n) is 14.3. The van der Waals surface area contributed by atoms with Gasteiger partial charge in [0, 0.05) is 5.69 Å². The molecule has 1 amide bonds. The number of rotatable bonds is 7. The normalized spacial score (nSPS) is 19.8. The predicted octanol–water partition coefficient (Wildman–Crippen LogP) is 3.81. The van der Waals surface area contributed by atoms with E-state index in [0.717, 1.165) is 24.1 Å². The second-order valence-electron chi connectivity index (χ2n) is 6.27. The van der Waals surface area contributed by atoms with E-state index in [2.05, 4.69) is 24.4 Å². The van der Waals surface area contributed by atoms with Gasteiger partial charge in [-0.3, -0.25) is 9.59 Å². The summed E-state index contributed by atoms with van der Waals surface area (Å²) in [5, 5.41) is 2.81. The highest BCUT2D eigenvalue weighted by molar-refractivity contribution is 8.00. The van der Waals surface area contributed by atoms with Crippen LogP contribution in [0.25, 0.3) is 0 Å². The Hall–Kier alpha value is -1.75. The summed E-state index contributed by atoms with van der Waals surface area (Å²) >= 11 is 1.28. The highest BCUT2D eigenvalue weighted by Gasteiger charge is 2.20. The third-order valence-electron chi connectivity index (χ3n) is 4.16. The maximum atomic E-state index is 11.8. The predicted molar refractivity (Wildman–Crippen MR) is 99.1 cm³/mol. The number of amides is 1. The van der Waals surface area contributed by atoms with E-state index in [1.165, 1.54) is 11.8 Å². The molecule has 0 saturated heterocycles. The summed E-state index contributed by atoms with van der Waals surface area (Å²) < 4.78 is 5.34. The standard InChI is InChI=1S/C19H25NO3S/c1-14-7-9-17(10-8-14)20-18(21)12-24-13-19(22)23-11-16-6-4-3-5-15(16)2/h3-4,7-10,15-16H,5-6,11-13H2,1-2H3,(H,20,21). The molecule has 0 radical (unpaired) electrons. The van der Waals surface area contributed by atoms with E-state index in [1.54, 1.807) is 0 Å². The van der Waals surface area contributed by atoms with Gasteiger partial charge in [-0.2, -0.15) is 0 Å². The van der Waals surface area contributed by atoms with Gasteiger partial charge < -0.3 is 10.1 Å². The van der Waals surface area contributed by atoms with Crippen molar-refractivity contribution in [1.29, 1.82) is 0 Å². The molecule has 0 aliphatic heterocycles. The van der Waals surface area contributed by atoms with Crippen molar-refractivity contribution in [3.05, 3.63) is 42.0 Å². The van der Waals surface area contributed by atoms with Crippen molar-refractivity contribution in [1.82, 2.24) is 0 Å². The van der Waals surface area contributed by atoms with Gasteiger partial charge in [-0.1, -0.05) is 36.8 Å². The van der Waals surface area contributed by atoms with Gasteiger partial charge in [0.05, 0.1) is 18.1 Å². The first-order chi connectivity index (χ1) is 11.5. The van der Waals surface area contributed by atoms with Gasteiger partial charge in [-0.25, -0.2) is 0 Å². The largest absolute Gasteiger partial charge is 0.465 e. The Morgan fingerprint density at radius 1 is 1.17 bits per heavy atom. The number of carbonyl (C=O) groups excluding carboxylic acids is 2. The van der Waals surface area contributed by atoms with Crippen LogP contribution in [0.5, 0.6) is 0 Å². The summed E-state index contributed by atoms with van der Waals surface area (Å²) in [6.45, 7) is 4.66. The van der Waals surface area contributed by atoms with Gasteiger partial charge in [-0.05, 0) is 43.7 Å². The molecule has 2 rings (SSSR count). The fourth-order valence-electron chi connectivity index (χ4n) is 2.54. The van der Waals surface area contributed by atoms with Crippen LogP contribution < -0.4 is 5.32 Å². The summed E-state index contributed by atoms with van der Waals surface area (Å²) in [5.41, 5.74) is 1.92. The van der Waals surface area contributed by atoms with Gasteiger partial charge in [0.1, 0.15) is 0 Å². The second kappa shape index (κ2) is 9.52. The molecule has 5 heteroatoms. The Labute approximate surface area is 148 Å². The van der Waals surface area contributed by atoms with Gasteiger partial charge in [0.2, 0.25) is 5.91 Å². The van der Waals surface area contributed by atoms with E-state index < -0.39 is 0 Å². The molecule has 0 fully saturated rings. The number of benzene rings is 1. The first-order valence-corrected chi connectivity index (χ1v) is 9.45. The van der Waals surface area contributed by atoms with E-state index in [0.29, 0.717) is 18.4 Å².